The van der Waals surface area contributed by atoms with E-state index in [2.05, 4.69) is 24.3 Å². The van der Waals surface area contributed by atoms with Gasteiger partial charge in [0, 0.05) is 18.4 Å². The van der Waals surface area contributed by atoms with Gasteiger partial charge in [-0.05, 0) is 18.8 Å². The van der Waals surface area contributed by atoms with Crippen LogP contribution in [0.1, 0.15) is 33.6 Å². The number of nitrogens with two attached hydrogens (primary N) is 1. The molecule has 5 nitrogen and oxygen atoms in total. The van der Waals surface area contributed by atoms with E-state index in [0.29, 0.717) is 6.42 Å². The van der Waals surface area contributed by atoms with Crippen molar-refractivity contribution in [2.24, 2.45) is 22.2 Å². The van der Waals surface area contributed by atoms with Gasteiger partial charge in [-0.15, -0.1) is 0 Å². The molecule has 1 rings (SSSR count). The van der Waals surface area contributed by atoms with Crippen LogP contribution in [0.2, 0.25) is 0 Å². The van der Waals surface area contributed by atoms with E-state index in [1.54, 1.807) is 0 Å². The molecular weight excluding hydrogens is 194 g/mol. The first-order valence-electron chi connectivity index (χ1n) is 5.13. The average Bonchev–Trinajstić information content (AvgIpc) is 2.74. The molecule has 1 fully saturated rings. The lowest BCUT2D eigenvalue weighted by Gasteiger charge is -2.13. The first kappa shape index (κ1) is 11.8. The number of rotatable bonds is 4. The van der Waals surface area contributed by atoms with E-state index >= 15 is 0 Å². The Morgan fingerprint density at radius 3 is 2.67 bits per heavy atom. The van der Waals surface area contributed by atoms with Gasteiger partial charge in [0.05, 0.1) is 0 Å². The third kappa shape index (κ3) is 3.11. The molecule has 1 aliphatic carbocycles. The van der Waals surface area contributed by atoms with E-state index in [1.165, 1.54) is 0 Å². The lowest BCUT2D eigenvalue weighted by atomic mass is 10.1. The van der Waals surface area contributed by atoms with Gasteiger partial charge in [0.15, 0.2) is 0 Å². The first-order chi connectivity index (χ1) is 6.86. The van der Waals surface area contributed by atoms with Crippen LogP contribution in [-0.4, -0.2) is 23.0 Å². The van der Waals surface area contributed by atoms with Gasteiger partial charge in [-0.2, -0.15) is 0 Å². The van der Waals surface area contributed by atoms with Crippen molar-refractivity contribution in [1.82, 2.24) is 5.32 Å². The van der Waals surface area contributed by atoms with Crippen LogP contribution in [0.4, 0.5) is 0 Å². The Hall–Kier alpha value is -1.26. The fourth-order valence-corrected chi connectivity index (χ4v) is 1.66. The number of carbonyl (C=O) groups is 1. The van der Waals surface area contributed by atoms with Crippen LogP contribution in [0.5, 0.6) is 0 Å². The fourth-order valence-electron chi connectivity index (χ4n) is 1.66. The maximum atomic E-state index is 11.6. The Kier molecular flexibility index (Phi) is 3.21. The molecule has 0 aromatic heterocycles. The van der Waals surface area contributed by atoms with E-state index < -0.39 is 0 Å². The monoisotopic (exact) mass is 213 g/mol. The molecule has 2 unspecified atom stereocenters. The fraction of sp³-hybridized carbons (Fsp3) is 0.800. The second-order valence-electron chi connectivity index (χ2n) is 4.95. The van der Waals surface area contributed by atoms with Crippen LogP contribution in [0, 0.1) is 11.3 Å². The summed E-state index contributed by atoms with van der Waals surface area (Å²) in [4.78, 5) is 11.6. The Bertz CT molecular complexity index is 286. The van der Waals surface area contributed by atoms with Crippen LogP contribution < -0.4 is 11.1 Å². The van der Waals surface area contributed by atoms with Crippen LogP contribution in [0.3, 0.4) is 0 Å². The van der Waals surface area contributed by atoms with Crippen molar-refractivity contribution in [2.75, 3.05) is 0 Å². The third-order valence-corrected chi connectivity index (χ3v) is 2.86. The van der Waals surface area contributed by atoms with Crippen LogP contribution in [0.15, 0.2) is 5.16 Å². The van der Waals surface area contributed by atoms with Crippen molar-refractivity contribution in [2.45, 2.75) is 39.7 Å². The molecule has 0 aromatic rings. The Morgan fingerprint density at radius 1 is 1.73 bits per heavy atom. The second kappa shape index (κ2) is 4.08. The van der Waals surface area contributed by atoms with Gasteiger partial charge in [-0.25, -0.2) is 0 Å². The maximum Gasteiger partial charge on any atom is 0.223 e. The summed E-state index contributed by atoms with van der Waals surface area (Å²) >= 11 is 0. The Morgan fingerprint density at radius 2 is 2.27 bits per heavy atom. The quantitative estimate of drug-likeness (QED) is 0.277. The summed E-state index contributed by atoms with van der Waals surface area (Å²) in [6, 6.07) is -0.0928. The molecule has 0 bridgehead atoms. The molecule has 0 spiro atoms. The molecule has 5 heteroatoms. The Labute approximate surface area is 89.7 Å². The van der Waals surface area contributed by atoms with Crippen molar-refractivity contribution >= 4 is 11.7 Å². The van der Waals surface area contributed by atoms with E-state index in [4.69, 9.17) is 10.9 Å². The Balaban J connectivity index is 2.33. The molecule has 1 saturated carbocycles. The highest BCUT2D eigenvalue weighted by molar-refractivity contribution is 5.84. The standard InChI is InChI=1S/C10H19N3O2/c1-6(4-8(11)13-15)12-9(14)7-5-10(7,2)3/h6-7,15H,4-5H2,1-3H3,(H2,11,13)(H,12,14). The zero-order valence-corrected chi connectivity index (χ0v) is 9.45. The molecule has 0 saturated heterocycles. The van der Waals surface area contributed by atoms with Crippen molar-refractivity contribution in [1.29, 1.82) is 0 Å². The van der Waals surface area contributed by atoms with Crippen molar-refractivity contribution in [3.8, 4) is 0 Å². The van der Waals surface area contributed by atoms with E-state index in [1.807, 2.05) is 6.92 Å². The van der Waals surface area contributed by atoms with Gasteiger partial charge >= 0.3 is 0 Å². The number of oxime groups is 1. The molecule has 86 valence electrons. The number of carbonyl (C=O) groups excluding carboxylic acids is 1. The van der Waals surface area contributed by atoms with Crippen molar-refractivity contribution < 1.29 is 10.0 Å². The predicted molar refractivity (Wildman–Crippen MR) is 57.5 cm³/mol. The minimum absolute atomic E-state index is 0.0678. The molecule has 4 N–H and O–H groups in total. The molecule has 2 atom stereocenters. The molecule has 0 heterocycles. The highest BCUT2D eigenvalue weighted by Crippen LogP contribution is 2.51. The van der Waals surface area contributed by atoms with Crippen LogP contribution >= 0.6 is 0 Å². The molecule has 1 amide bonds. The number of amides is 1. The number of nitrogens with one attached hydrogen (secondary N) is 1. The summed E-state index contributed by atoms with van der Waals surface area (Å²) < 4.78 is 0. The predicted octanol–water partition coefficient (Wildman–Crippen LogP) is 0.674. The highest BCUT2D eigenvalue weighted by atomic mass is 16.4. The number of hydrogen-bond acceptors (Lipinski definition) is 3. The molecule has 1 aliphatic rings. The van der Waals surface area contributed by atoms with E-state index in [9.17, 15) is 4.79 Å². The van der Waals surface area contributed by atoms with Gasteiger partial charge < -0.3 is 16.3 Å². The minimum atomic E-state index is -0.0928. The van der Waals surface area contributed by atoms with Gasteiger partial charge in [-0.1, -0.05) is 19.0 Å². The lowest BCUT2D eigenvalue weighted by Crippen LogP contribution is -2.37. The number of amidine groups is 1. The smallest absolute Gasteiger partial charge is 0.223 e. The largest absolute Gasteiger partial charge is 0.409 e. The molecule has 15 heavy (non-hydrogen) atoms. The van der Waals surface area contributed by atoms with Crippen molar-refractivity contribution in [3.63, 3.8) is 0 Å². The third-order valence-electron chi connectivity index (χ3n) is 2.86. The average molecular weight is 213 g/mol. The molecular formula is C10H19N3O2. The topological polar surface area (TPSA) is 87.7 Å². The summed E-state index contributed by atoms with van der Waals surface area (Å²) in [6.45, 7) is 5.99. The maximum absolute atomic E-state index is 11.6. The number of nitrogens with zero attached hydrogens (tertiary/aromatic N) is 1. The second-order valence-corrected chi connectivity index (χ2v) is 4.95. The first-order valence-corrected chi connectivity index (χ1v) is 5.13. The molecule has 0 aliphatic heterocycles. The molecule has 0 aromatic carbocycles. The zero-order chi connectivity index (χ0) is 11.6. The van der Waals surface area contributed by atoms with E-state index in [0.717, 1.165) is 6.42 Å². The summed E-state index contributed by atoms with van der Waals surface area (Å²) in [7, 11) is 0. The van der Waals surface area contributed by atoms with Gasteiger partial charge in [0.1, 0.15) is 5.84 Å². The van der Waals surface area contributed by atoms with Crippen molar-refractivity contribution in [3.05, 3.63) is 0 Å². The lowest BCUT2D eigenvalue weighted by molar-refractivity contribution is -0.123. The van der Waals surface area contributed by atoms with Gasteiger partial charge in [-0.3, -0.25) is 4.79 Å². The van der Waals surface area contributed by atoms with Gasteiger partial charge in [0.25, 0.3) is 0 Å². The SMILES string of the molecule is CC(CC(N)=NO)NC(=O)C1CC1(C)C. The highest BCUT2D eigenvalue weighted by Gasteiger charge is 2.50. The molecule has 0 radical (unpaired) electrons. The number of hydrogen-bond donors (Lipinski definition) is 3. The summed E-state index contributed by atoms with van der Waals surface area (Å²) in [5, 5.41) is 14.1. The van der Waals surface area contributed by atoms with Crippen LogP contribution in [-0.2, 0) is 4.79 Å². The van der Waals surface area contributed by atoms with Crippen LogP contribution in [0.25, 0.3) is 0 Å². The normalized spacial score (nSPS) is 25.8. The summed E-state index contributed by atoms with van der Waals surface area (Å²) in [5.74, 6) is 0.323. The van der Waals surface area contributed by atoms with Gasteiger partial charge in [0.2, 0.25) is 5.91 Å². The zero-order valence-electron chi connectivity index (χ0n) is 9.45. The minimum Gasteiger partial charge on any atom is -0.409 e. The summed E-state index contributed by atoms with van der Waals surface area (Å²) in [5.41, 5.74) is 5.48. The summed E-state index contributed by atoms with van der Waals surface area (Å²) in [6.07, 6.45) is 1.31. The van der Waals surface area contributed by atoms with E-state index in [-0.39, 0.29) is 29.1 Å².